The number of fused-ring (bicyclic) bond motifs is 2. The van der Waals surface area contributed by atoms with Gasteiger partial charge in [0, 0.05) is 42.8 Å². The summed E-state index contributed by atoms with van der Waals surface area (Å²) < 4.78 is 14.8. The monoisotopic (exact) mass is 428 g/mol. The van der Waals surface area contributed by atoms with E-state index in [0.717, 1.165) is 29.6 Å². The number of halogens is 1. The highest BCUT2D eigenvalue weighted by atomic mass is 19.1. The highest BCUT2D eigenvalue weighted by Gasteiger charge is 2.46. The molecule has 2 fully saturated rings. The number of pyridine rings is 1. The number of rotatable bonds is 3. The van der Waals surface area contributed by atoms with Gasteiger partial charge in [0.05, 0.1) is 24.0 Å². The number of para-hydroxylation sites is 1. The van der Waals surface area contributed by atoms with E-state index in [1.165, 1.54) is 23.3 Å². The van der Waals surface area contributed by atoms with E-state index in [1.54, 1.807) is 17.0 Å². The van der Waals surface area contributed by atoms with Crippen LogP contribution in [-0.4, -0.2) is 56.5 Å². The van der Waals surface area contributed by atoms with Crippen LogP contribution in [0.2, 0.25) is 0 Å². The Bertz CT molecular complexity index is 1300. The van der Waals surface area contributed by atoms with Gasteiger partial charge in [0.15, 0.2) is 0 Å². The molecule has 0 bridgehead atoms. The Labute approximate surface area is 184 Å². The van der Waals surface area contributed by atoms with Crippen LogP contribution in [0.4, 0.5) is 10.1 Å². The zero-order valence-corrected chi connectivity index (χ0v) is 17.3. The zero-order valence-electron chi connectivity index (χ0n) is 17.3. The number of hydrogen-bond acceptors (Lipinski definition) is 5. The summed E-state index contributed by atoms with van der Waals surface area (Å²) in [4.78, 5) is 23.3. The average Bonchev–Trinajstić information content (AvgIpc) is 3.34. The lowest BCUT2D eigenvalue weighted by molar-refractivity contribution is 0.00755. The number of carbonyl (C=O) groups excluding carboxylic acids is 1. The molecule has 1 amide bonds. The number of benzene rings is 2. The summed E-state index contributed by atoms with van der Waals surface area (Å²) in [5.41, 5.74) is 2.46. The van der Waals surface area contributed by atoms with Crippen molar-refractivity contribution < 1.29 is 9.18 Å². The molecule has 0 saturated carbocycles. The summed E-state index contributed by atoms with van der Waals surface area (Å²) in [5.74, 6) is -0.430. The second-order valence-corrected chi connectivity index (χ2v) is 8.32. The second kappa shape index (κ2) is 7.40. The molecule has 0 unspecified atom stereocenters. The standard InChI is InChI=1S/C24H21FN6O/c25-18-5-3-7-21(31-27-11-12-28-31)23(18)24(32)30-14-16-9-13-29(15-22(16)30)20-8-10-26-19-6-2-1-4-17(19)20/h1-8,10-12,16,22H,9,13-15H2/t16-,22-/m1/s1. The minimum atomic E-state index is -0.555. The van der Waals surface area contributed by atoms with Crippen molar-refractivity contribution in [1.29, 1.82) is 0 Å². The van der Waals surface area contributed by atoms with Crippen LogP contribution in [0.1, 0.15) is 16.8 Å². The summed E-state index contributed by atoms with van der Waals surface area (Å²) in [5, 5.41) is 9.28. The van der Waals surface area contributed by atoms with Gasteiger partial charge in [-0.05, 0) is 30.7 Å². The summed E-state index contributed by atoms with van der Waals surface area (Å²) in [7, 11) is 0. The Hall–Kier alpha value is -3.81. The van der Waals surface area contributed by atoms with Crippen molar-refractivity contribution in [2.75, 3.05) is 24.5 Å². The van der Waals surface area contributed by atoms with Crippen molar-refractivity contribution >= 4 is 22.5 Å². The van der Waals surface area contributed by atoms with Crippen molar-refractivity contribution in [3.05, 3.63) is 78.5 Å². The van der Waals surface area contributed by atoms with Gasteiger partial charge < -0.3 is 9.80 Å². The number of amides is 1. The van der Waals surface area contributed by atoms with Gasteiger partial charge in [0.1, 0.15) is 17.1 Å². The summed E-state index contributed by atoms with van der Waals surface area (Å²) in [6.07, 6.45) is 5.85. The van der Waals surface area contributed by atoms with Crippen LogP contribution in [0.15, 0.2) is 67.1 Å². The molecule has 2 aromatic heterocycles. The Kier molecular flexibility index (Phi) is 4.38. The molecule has 6 rings (SSSR count). The molecule has 2 saturated heterocycles. The van der Waals surface area contributed by atoms with E-state index in [0.29, 0.717) is 24.7 Å². The molecule has 2 aromatic carbocycles. The van der Waals surface area contributed by atoms with Crippen LogP contribution in [0.3, 0.4) is 0 Å². The van der Waals surface area contributed by atoms with Crippen LogP contribution >= 0.6 is 0 Å². The van der Waals surface area contributed by atoms with Gasteiger partial charge in [-0.3, -0.25) is 9.78 Å². The molecule has 4 heterocycles. The molecule has 4 aromatic rings. The summed E-state index contributed by atoms with van der Waals surface area (Å²) in [6, 6.07) is 14.7. The molecule has 32 heavy (non-hydrogen) atoms. The van der Waals surface area contributed by atoms with Crippen molar-refractivity contribution in [3.8, 4) is 5.69 Å². The lowest BCUT2D eigenvalue weighted by Gasteiger charge is -2.54. The van der Waals surface area contributed by atoms with E-state index < -0.39 is 5.82 Å². The Morgan fingerprint density at radius 1 is 0.938 bits per heavy atom. The maximum atomic E-state index is 14.8. The third-order valence-corrected chi connectivity index (χ3v) is 6.62. The van der Waals surface area contributed by atoms with E-state index in [9.17, 15) is 9.18 Å². The van der Waals surface area contributed by atoms with E-state index >= 15 is 0 Å². The van der Waals surface area contributed by atoms with Gasteiger partial charge in [-0.25, -0.2) is 4.39 Å². The van der Waals surface area contributed by atoms with Gasteiger partial charge in [-0.2, -0.15) is 15.0 Å². The van der Waals surface area contributed by atoms with E-state index in [-0.39, 0.29) is 17.5 Å². The van der Waals surface area contributed by atoms with Crippen molar-refractivity contribution in [2.45, 2.75) is 12.5 Å². The molecular formula is C24H21FN6O. The zero-order chi connectivity index (χ0) is 21.7. The number of hydrogen-bond donors (Lipinski definition) is 0. The predicted octanol–water partition coefficient (Wildman–Crippen LogP) is 3.31. The highest BCUT2D eigenvalue weighted by Crippen LogP contribution is 2.37. The molecule has 0 spiro atoms. The van der Waals surface area contributed by atoms with E-state index in [1.807, 2.05) is 30.5 Å². The first-order valence-electron chi connectivity index (χ1n) is 10.8. The normalized spacial score (nSPS) is 20.2. The van der Waals surface area contributed by atoms with Gasteiger partial charge in [0.25, 0.3) is 5.91 Å². The Morgan fingerprint density at radius 3 is 2.66 bits per heavy atom. The topological polar surface area (TPSA) is 67.2 Å². The van der Waals surface area contributed by atoms with Gasteiger partial charge >= 0.3 is 0 Å². The van der Waals surface area contributed by atoms with Crippen molar-refractivity contribution in [1.82, 2.24) is 24.9 Å². The fourth-order valence-corrected chi connectivity index (χ4v) is 4.98. The molecule has 0 radical (unpaired) electrons. The fourth-order valence-electron chi connectivity index (χ4n) is 4.98. The van der Waals surface area contributed by atoms with Gasteiger partial charge in [-0.1, -0.05) is 24.3 Å². The molecule has 2 aliphatic heterocycles. The smallest absolute Gasteiger partial charge is 0.259 e. The van der Waals surface area contributed by atoms with Crippen LogP contribution in [-0.2, 0) is 0 Å². The SMILES string of the molecule is O=C(c1c(F)cccc1-n1nccn1)N1C[C@H]2CCN(c3ccnc4ccccc34)C[C@H]21. The van der Waals surface area contributed by atoms with E-state index in [2.05, 4.69) is 26.1 Å². The lowest BCUT2D eigenvalue weighted by Crippen LogP contribution is -2.66. The molecule has 160 valence electrons. The van der Waals surface area contributed by atoms with Crippen molar-refractivity contribution in [3.63, 3.8) is 0 Å². The maximum Gasteiger partial charge on any atom is 0.259 e. The second-order valence-electron chi connectivity index (χ2n) is 8.32. The Balaban J connectivity index is 1.30. The molecule has 2 atom stereocenters. The van der Waals surface area contributed by atoms with Crippen LogP contribution < -0.4 is 4.90 Å². The molecule has 7 nitrogen and oxygen atoms in total. The first-order chi connectivity index (χ1) is 15.7. The highest BCUT2D eigenvalue weighted by molar-refractivity contribution is 5.99. The number of piperidine rings is 1. The van der Waals surface area contributed by atoms with Gasteiger partial charge in [-0.15, -0.1) is 0 Å². The first-order valence-corrected chi connectivity index (χ1v) is 10.8. The fraction of sp³-hybridized carbons (Fsp3) is 0.250. The maximum absolute atomic E-state index is 14.8. The van der Waals surface area contributed by atoms with Crippen molar-refractivity contribution in [2.24, 2.45) is 5.92 Å². The average molecular weight is 428 g/mol. The summed E-state index contributed by atoms with van der Waals surface area (Å²) in [6.45, 7) is 2.29. The molecule has 0 aliphatic carbocycles. The summed E-state index contributed by atoms with van der Waals surface area (Å²) >= 11 is 0. The quantitative estimate of drug-likeness (QED) is 0.501. The Morgan fingerprint density at radius 2 is 1.78 bits per heavy atom. The number of aromatic nitrogens is 4. The predicted molar refractivity (Wildman–Crippen MR) is 118 cm³/mol. The van der Waals surface area contributed by atoms with Gasteiger partial charge in [0.2, 0.25) is 0 Å². The third kappa shape index (κ3) is 2.94. The molecular weight excluding hydrogens is 407 g/mol. The number of anilines is 1. The minimum Gasteiger partial charge on any atom is -0.369 e. The number of carbonyl (C=O) groups is 1. The van der Waals surface area contributed by atoms with Crippen LogP contribution in [0.5, 0.6) is 0 Å². The largest absolute Gasteiger partial charge is 0.369 e. The van der Waals surface area contributed by atoms with Crippen LogP contribution in [0.25, 0.3) is 16.6 Å². The molecule has 8 heteroatoms. The lowest BCUT2D eigenvalue weighted by atomic mass is 9.81. The minimum absolute atomic E-state index is 0.0219. The number of likely N-dealkylation sites (tertiary alicyclic amines) is 1. The first kappa shape index (κ1) is 18.9. The molecule has 0 N–H and O–H groups in total. The van der Waals surface area contributed by atoms with Crippen LogP contribution in [0, 0.1) is 11.7 Å². The number of nitrogens with zero attached hydrogens (tertiary/aromatic N) is 6. The van der Waals surface area contributed by atoms with E-state index in [4.69, 9.17) is 0 Å². The molecule has 2 aliphatic rings. The third-order valence-electron chi connectivity index (χ3n) is 6.62.